The van der Waals surface area contributed by atoms with Crippen molar-refractivity contribution in [3.63, 3.8) is 0 Å². The van der Waals surface area contributed by atoms with E-state index >= 15 is 0 Å². The van der Waals surface area contributed by atoms with Crippen molar-refractivity contribution >= 4 is 0 Å². The van der Waals surface area contributed by atoms with Crippen molar-refractivity contribution < 1.29 is 0 Å². The van der Waals surface area contributed by atoms with Crippen LogP contribution in [-0.4, -0.2) is 25.2 Å². The Hall–Kier alpha value is -0.0800. The molecule has 0 aliphatic carbocycles. The average molecular weight is 200 g/mol. The van der Waals surface area contributed by atoms with E-state index in [0.29, 0.717) is 0 Å². The van der Waals surface area contributed by atoms with Crippen molar-refractivity contribution in [3.8, 4) is 0 Å². The third-order valence-corrected chi connectivity index (χ3v) is 2.38. The number of hydrogen-bond donors (Lipinski definition) is 2. The molecule has 1 atom stereocenters. The third-order valence-electron chi connectivity index (χ3n) is 2.38. The largest absolute Gasteiger partial charge is 0.316 e. The van der Waals surface area contributed by atoms with Gasteiger partial charge in [-0.3, -0.25) is 0 Å². The Balaban J connectivity index is 3.14. The summed E-state index contributed by atoms with van der Waals surface area (Å²) >= 11 is 0. The van der Waals surface area contributed by atoms with E-state index in [4.69, 9.17) is 0 Å². The lowest BCUT2D eigenvalue weighted by Gasteiger charge is -2.20. The van der Waals surface area contributed by atoms with Crippen molar-refractivity contribution in [3.05, 3.63) is 0 Å². The first kappa shape index (κ1) is 13.9. The smallest absolute Gasteiger partial charge is 0.00965 e. The number of rotatable bonds is 7. The maximum Gasteiger partial charge on any atom is 0.00965 e. The summed E-state index contributed by atoms with van der Waals surface area (Å²) in [7, 11) is 0. The highest BCUT2D eigenvalue weighted by molar-refractivity contribution is 4.69. The van der Waals surface area contributed by atoms with Crippen LogP contribution in [0.1, 0.15) is 47.5 Å². The minimum atomic E-state index is 0.261. The van der Waals surface area contributed by atoms with Gasteiger partial charge >= 0.3 is 0 Å². The molecule has 0 aliphatic heterocycles. The summed E-state index contributed by atoms with van der Waals surface area (Å²) in [6.45, 7) is 14.6. The SMILES string of the molecule is CCC(C)CNCCCNC(C)(C)C. The van der Waals surface area contributed by atoms with Crippen molar-refractivity contribution in [2.75, 3.05) is 19.6 Å². The summed E-state index contributed by atoms with van der Waals surface area (Å²) in [5, 5.41) is 6.97. The fourth-order valence-electron chi connectivity index (χ4n) is 1.17. The van der Waals surface area contributed by atoms with Crippen LogP contribution in [0.4, 0.5) is 0 Å². The normalized spacial score (nSPS) is 14.4. The fraction of sp³-hybridized carbons (Fsp3) is 1.00. The molecule has 0 heterocycles. The molecule has 0 spiro atoms. The van der Waals surface area contributed by atoms with Crippen molar-refractivity contribution in [1.82, 2.24) is 10.6 Å². The highest BCUT2D eigenvalue weighted by atomic mass is 14.9. The minimum absolute atomic E-state index is 0.261. The zero-order valence-corrected chi connectivity index (χ0v) is 10.6. The molecule has 0 fully saturated rings. The second-order valence-electron chi connectivity index (χ2n) is 5.25. The van der Waals surface area contributed by atoms with Gasteiger partial charge in [-0.05, 0) is 52.7 Å². The average Bonchev–Trinajstić information content (AvgIpc) is 2.08. The number of hydrogen-bond acceptors (Lipinski definition) is 2. The standard InChI is InChI=1S/C12H28N2/c1-6-11(2)10-13-8-7-9-14-12(3,4)5/h11,13-14H,6-10H2,1-5H3. The van der Waals surface area contributed by atoms with Crippen LogP contribution in [0.25, 0.3) is 0 Å². The Labute approximate surface area is 89.9 Å². The zero-order chi connectivity index (χ0) is 11.0. The Kier molecular flexibility index (Phi) is 7.20. The van der Waals surface area contributed by atoms with Gasteiger partial charge in [0.2, 0.25) is 0 Å². The van der Waals surface area contributed by atoms with Gasteiger partial charge in [0.1, 0.15) is 0 Å². The van der Waals surface area contributed by atoms with Crippen molar-refractivity contribution in [2.45, 2.75) is 53.0 Å². The zero-order valence-electron chi connectivity index (χ0n) is 10.6. The molecule has 0 bridgehead atoms. The lowest BCUT2D eigenvalue weighted by atomic mass is 10.1. The molecule has 0 aromatic carbocycles. The molecule has 0 radical (unpaired) electrons. The van der Waals surface area contributed by atoms with E-state index < -0.39 is 0 Å². The molecule has 0 amide bonds. The van der Waals surface area contributed by atoms with E-state index in [-0.39, 0.29) is 5.54 Å². The van der Waals surface area contributed by atoms with Gasteiger partial charge in [-0.15, -0.1) is 0 Å². The lowest BCUT2D eigenvalue weighted by molar-refractivity contribution is 0.413. The highest BCUT2D eigenvalue weighted by Gasteiger charge is 2.06. The molecule has 0 saturated carbocycles. The van der Waals surface area contributed by atoms with E-state index in [0.717, 1.165) is 25.6 Å². The topological polar surface area (TPSA) is 24.1 Å². The van der Waals surface area contributed by atoms with Crippen LogP contribution < -0.4 is 10.6 Å². The Morgan fingerprint density at radius 3 is 2.29 bits per heavy atom. The van der Waals surface area contributed by atoms with Crippen LogP contribution in [0.3, 0.4) is 0 Å². The van der Waals surface area contributed by atoms with Gasteiger partial charge < -0.3 is 10.6 Å². The fourth-order valence-corrected chi connectivity index (χ4v) is 1.17. The maximum absolute atomic E-state index is 3.48. The van der Waals surface area contributed by atoms with E-state index in [9.17, 15) is 0 Å². The first-order valence-corrected chi connectivity index (χ1v) is 5.91. The van der Waals surface area contributed by atoms with E-state index in [2.05, 4.69) is 45.3 Å². The van der Waals surface area contributed by atoms with Crippen molar-refractivity contribution in [2.24, 2.45) is 5.92 Å². The summed E-state index contributed by atoms with van der Waals surface area (Å²) in [6, 6.07) is 0. The summed E-state index contributed by atoms with van der Waals surface area (Å²) < 4.78 is 0. The quantitative estimate of drug-likeness (QED) is 0.617. The second-order valence-corrected chi connectivity index (χ2v) is 5.25. The van der Waals surface area contributed by atoms with Crippen LogP contribution in [0.15, 0.2) is 0 Å². The molecule has 2 heteroatoms. The molecule has 2 N–H and O–H groups in total. The monoisotopic (exact) mass is 200 g/mol. The summed E-state index contributed by atoms with van der Waals surface area (Å²) in [6.07, 6.45) is 2.49. The highest BCUT2D eigenvalue weighted by Crippen LogP contribution is 1.98. The molecular formula is C12H28N2. The van der Waals surface area contributed by atoms with Crippen LogP contribution in [0, 0.1) is 5.92 Å². The first-order chi connectivity index (χ1) is 6.45. The minimum Gasteiger partial charge on any atom is -0.316 e. The summed E-state index contributed by atoms with van der Waals surface area (Å²) in [5.74, 6) is 0.811. The molecule has 0 rings (SSSR count). The molecule has 0 saturated heterocycles. The predicted molar refractivity (Wildman–Crippen MR) is 64.7 cm³/mol. The summed E-state index contributed by atoms with van der Waals surface area (Å²) in [5.41, 5.74) is 0.261. The lowest BCUT2D eigenvalue weighted by Crippen LogP contribution is -2.37. The Bertz CT molecular complexity index is 127. The van der Waals surface area contributed by atoms with Gasteiger partial charge in [-0.1, -0.05) is 20.3 Å². The molecule has 14 heavy (non-hydrogen) atoms. The van der Waals surface area contributed by atoms with Gasteiger partial charge in [0.05, 0.1) is 0 Å². The molecule has 1 unspecified atom stereocenters. The van der Waals surface area contributed by atoms with E-state index in [1.807, 2.05) is 0 Å². The molecule has 0 aromatic heterocycles. The van der Waals surface area contributed by atoms with Crippen molar-refractivity contribution in [1.29, 1.82) is 0 Å². The van der Waals surface area contributed by atoms with Gasteiger partial charge in [-0.25, -0.2) is 0 Å². The Morgan fingerprint density at radius 2 is 1.79 bits per heavy atom. The van der Waals surface area contributed by atoms with Gasteiger partial charge in [0.25, 0.3) is 0 Å². The molecule has 2 nitrogen and oxygen atoms in total. The number of nitrogens with one attached hydrogen (secondary N) is 2. The maximum atomic E-state index is 3.48. The molecule has 0 aromatic rings. The third kappa shape index (κ3) is 10.0. The first-order valence-electron chi connectivity index (χ1n) is 5.91. The second kappa shape index (κ2) is 7.24. The van der Waals surface area contributed by atoms with E-state index in [1.165, 1.54) is 12.8 Å². The predicted octanol–water partition coefficient (Wildman–Crippen LogP) is 2.40. The molecule has 0 aliphatic rings. The van der Waals surface area contributed by atoms with Gasteiger partial charge in [0, 0.05) is 5.54 Å². The molecule has 86 valence electrons. The van der Waals surface area contributed by atoms with Crippen LogP contribution in [0.2, 0.25) is 0 Å². The van der Waals surface area contributed by atoms with Gasteiger partial charge in [0.15, 0.2) is 0 Å². The Morgan fingerprint density at radius 1 is 1.14 bits per heavy atom. The van der Waals surface area contributed by atoms with Crippen LogP contribution in [0.5, 0.6) is 0 Å². The van der Waals surface area contributed by atoms with Crippen LogP contribution in [-0.2, 0) is 0 Å². The van der Waals surface area contributed by atoms with Crippen LogP contribution >= 0.6 is 0 Å². The van der Waals surface area contributed by atoms with Gasteiger partial charge in [-0.2, -0.15) is 0 Å². The van der Waals surface area contributed by atoms with E-state index in [1.54, 1.807) is 0 Å². The molecular weight excluding hydrogens is 172 g/mol. The summed E-state index contributed by atoms with van der Waals surface area (Å²) in [4.78, 5) is 0.